The first-order valence-electron chi connectivity index (χ1n) is 8.13. The number of imidazole rings is 1. The molecule has 2 aromatic heterocycles. The Hall–Kier alpha value is -2.49. The van der Waals surface area contributed by atoms with Gasteiger partial charge in [0.25, 0.3) is 0 Å². The molecule has 118 valence electrons. The Kier molecular flexibility index (Phi) is 4.51. The van der Waals surface area contributed by atoms with Crippen molar-refractivity contribution in [3.05, 3.63) is 59.4 Å². The number of hydrogen-bond acceptors (Lipinski definition) is 3. The molecule has 0 aliphatic carbocycles. The number of aromatic nitrogens is 2. The van der Waals surface area contributed by atoms with E-state index in [2.05, 4.69) is 53.3 Å². The molecule has 3 aromatic rings. The highest BCUT2D eigenvalue weighted by Crippen LogP contribution is 2.24. The average molecular weight is 306 g/mol. The molecule has 3 rings (SSSR count). The molecule has 23 heavy (non-hydrogen) atoms. The third-order valence-electron chi connectivity index (χ3n) is 3.94. The lowest BCUT2D eigenvalue weighted by molar-refractivity contribution is 0.795. The predicted octanol–water partition coefficient (Wildman–Crippen LogP) is 5.71. The van der Waals surface area contributed by atoms with Gasteiger partial charge in [-0.05, 0) is 62.1 Å². The van der Waals surface area contributed by atoms with Crippen LogP contribution in [0, 0.1) is 13.8 Å². The van der Waals surface area contributed by atoms with Crippen LogP contribution in [0.4, 0.5) is 11.5 Å². The van der Waals surface area contributed by atoms with Crippen LogP contribution in [-0.4, -0.2) is 9.38 Å². The van der Waals surface area contributed by atoms with Crippen LogP contribution in [0.2, 0.25) is 0 Å². The Morgan fingerprint density at radius 1 is 1.04 bits per heavy atom. The van der Waals surface area contributed by atoms with Crippen LogP contribution in [0.15, 0.2) is 52.8 Å². The van der Waals surface area contributed by atoms with E-state index in [9.17, 15) is 0 Å². The molecule has 0 aliphatic rings. The number of benzene rings is 1. The monoisotopic (exact) mass is 306 g/mol. The summed E-state index contributed by atoms with van der Waals surface area (Å²) in [4.78, 5) is 4.54. The second kappa shape index (κ2) is 6.73. The van der Waals surface area contributed by atoms with Crippen LogP contribution in [0.5, 0.6) is 0 Å². The molecule has 0 spiro atoms. The standard InChI is InChI=1S/C19H22N4/c1-4-5-6-16-7-9-17(10-8-16)21-22-19-15(3)20-18-13-14(2)11-12-23(18)19/h7-13H,4-6H2,1-3H3. The zero-order chi connectivity index (χ0) is 16.2. The van der Waals surface area contributed by atoms with E-state index in [-0.39, 0.29) is 0 Å². The molecule has 0 unspecified atom stereocenters. The van der Waals surface area contributed by atoms with E-state index in [1.807, 2.05) is 29.7 Å². The molecular weight excluding hydrogens is 284 g/mol. The van der Waals surface area contributed by atoms with Gasteiger partial charge in [0.1, 0.15) is 5.65 Å². The van der Waals surface area contributed by atoms with Crippen molar-refractivity contribution in [2.24, 2.45) is 10.2 Å². The van der Waals surface area contributed by atoms with Gasteiger partial charge in [-0.25, -0.2) is 4.98 Å². The Morgan fingerprint density at radius 3 is 2.57 bits per heavy atom. The smallest absolute Gasteiger partial charge is 0.182 e. The first kappa shape index (κ1) is 15.4. The van der Waals surface area contributed by atoms with Gasteiger partial charge in [-0.1, -0.05) is 25.5 Å². The number of rotatable bonds is 5. The summed E-state index contributed by atoms with van der Waals surface area (Å²) in [6, 6.07) is 12.4. The van der Waals surface area contributed by atoms with Gasteiger partial charge >= 0.3 is 0 Å². The second-order valence-electron chi connectivity index (χ2n) is 5.92. The maximum atomic E-state index is 4.54. The van der Waals surface area contributed by atoms with Crippen molar-refractivity contribution in [2.75, 3.05) is 0 Å². The van der Waals surface area contributed by atoms with Gasteiger partial charge in [-0.2, -0.15) is 0 Å². The van der Waals surface area contributed by atoms with Gasteiger partial charge in [0, 0.05) is 6.20 Å². The molecule has 0 N–H and O–H groups in total. The summed E-state index contributed by atoms with van der Waals surface area (Å²) in [5, 5.41) is 8.78. The normalized spacial score (nSPS) is 11.6. The first-order chi connectivity index (χ1) is 11.2. The van der Waals surface area contributed by atoms with Crippen molar-refractivity contribution in [3.8, 4) is 0 Å². The molecule has 1 aromatic carbocycles. The number of unbranched alkanes of at least 4 members (excludes halogenated alkanes) is 1. The van der Waals surface area contributed by atoms with Crippen molar-refractivity contribution in [2.45, 2.75) is 40.0 Å². The molecule has 2 heterocycles. The van der Waals surface area contributed by atoms with Crippen LogP contribution in [0.25, 0.3) is 5.65 Å². The van der Waals surface area contributed by atoms with E-state index in [4.69, 9.17) is 0 Å². The van der Waals surface area contributed by atoms with Gasteiger partial charge in [-0.3, -0.25) is 4.40 Å². The number of fused-ring (bicyclic) bond motifs is 1. The highest BCUT2D eigenvalue weighted by Gasteiger charge is 2.07. The fourth-order valence-electron chi connectivity index (χ4n) is 2.59. The van der Waals surface area contributed by atoms with Gasteiger partial charge in [0.2, 0.25) is 0 Å². The van der Waals surface area contributed by atoms with Crippen molar-refractivity contribution in [1.29, 1.82) is 0 Å². The van der Waals surface area contributed by atoms with Gasteiger partial charge < -0.3 is 0 Å². The fourth-order valence-corrected chi connectivity index (χ4v) is 2.59. The summed E-state index contributed by atoms with van der Waals surface area (Å²) < 4.78 is 1.97. The minimum absolute atomic E-state index is 0.787. The topological polar surface area (TPSA) is 42.0 Å². The maximum Gasteiger partial charge on any atom is 0.182 e. The predicted molar refractivity (Wildman–Crippen MR) is 93.9 cm³/mol. The Balaban J connectivity index is 1.84. The summed E-state index contributed by atoms with van der Waals surface area (Å²) in [6.07, 6.45) is 5.56. The average Bonchev–Trinajstić information content (AvgIpc) is 2.86. The summed E-state index contributed by atoms with van der Waals surface area (Å²) >= 11 is 0. The molecule has 0 bridgehead atoms. The molecule has 0 radical (unpaired) electrons. The molecule has 4 nitrogen and oxygen atoms in total. The molecule has 0 atom stereocenters. The zero-order valence-electron chi connectivity index (χ0n) is 14.0. The van der Waals surface area contributed by atoms with E-state index in [0.29, 0.717) is 0 Å². The van der Waals surface area contributed by atoms with Crippen molar-refractivity contribution >= 4 is 17.2 Å². The van der Waals surface area contributed by atoms with Crippen molar-refractivity contribution in [3.63, 3.8) is 0 Å². The first-order valence-corrected chi connectivity index (χ1v) is 8.13. The fraction of sp³-hybridized carbons (Fsp3) is 0.316. The molecule has 4 heteroatoms. The van der Waals surface area contributed by atoms with Gasteiger partial charge in [0.15, 0.2) is 5.82 Å². The molecule has 0 saturated carbocycles. The maximum absolute atomic E-state index is 4.54. The molecular formula is C19H22N4. The molecule has 0 saturated heterocycles. The van der Waals surface area contributed by atoms with Crippen LogP contribution >= 0.6 is 0 Å². The van der Waals surface area contributed by atoms with E-state index < -0.39 is 0 Å². The molecule has 0 fully saturated rings. The summed E-state index contributed by atoms with van der Waals surface area (Å²) in [5.74, 6) is 0.787. The minimum Gasteiger partial charge on any atom is -0.283 e. The zero-order valence-corrected chi connectivity index (χ0v) is 14.0. The van der Waals surface area contributed by atoms with E-state index in [0.717, 1.165) is 29.3 Å². The quantitative estimate of drug-likeness (QED) is 0.557. The van der Waals surface area contributed by atoms with Crippen LogP contribution in [0.3, 0.4) is 0 Å². The Bertz CT molecular complexity index is 828. The lowest BCUT2D eigenvalue weighted by atomic mass is 10.1. The summed E-state index contributed by atoms with van der Waals surface area (Å²) in [7, 11) is 0. The number of hydrogen-bond donors (Lipinski definition) is 0. The van der Waals surface area contributed by atoms with Crippen LogP contribution < -0.4 is 0 Å². The SMILES string of the molecule is CCCCc1ccc(N=Nc2c(C)nc3cc(C)ccn23)cc1. The number of pyridine rings is 1. The van der Waals surface area contributed by atoms with Gasteiger partial charge in [0.05, 0.1) is 11.4 Å². The van der Waals surface area contributed by atoms with Crippen molar-refractivity contribution in [1.82, 2.24) is 9.38 Å². The third-order valence-corrected chi connectivity index (χ3v) is 3.94. The summed E-state index contributed by atoms with van der Waals surface area (Å²) in [6.45, 7) is 6.23. The van der Waals surface area contributed by atoms with Crippen molar-refractivity contribution < 1.29 is 0 Å². The lowest BCUT2D eigenvalue weighted by Gasteiger charge is -2.00. The second-order valence-corrected chi connectivity index (χ2v) is 5.92. The Morgan fingerprint density at radius 2 is 1.83 bits per heavy atom. The van der Waals surface area contributed by atoms with Crippen LogP contribution in [0.1, 0.15) is 36.6 Å². The van der Waals surface area contributed by atoms with Gasteiger partial charge in [-0.15, -0.1) is 10.2 Å². The van der Waals surface area contributed by atoms with Crippen LogP contribution in [-0.2, 0) is 6.42 Å². The Labute approximate surface area is 136 Å². The largest absolute Gasteiger partial charge is 0.283 e. The van der Waals surface area contributed by atoms with E-state index in [1.165, 1.54) is 24.0 Å². The van der Waals surface area contributed by atoms with E-state index >= 15 is 0 Å². The van der Waals surface area contributed by atoms with E-state index in [1.54, 1.807) is 0 Å². The highest BCUT2D eigenvalue weighted by molar-refractivity contribution is 5.53. The third kappa shape index (κ3) is 3.47. The highest BCUT2D eigenvalue weighted by atomic mass is 15.2. The lowest BCUT2D eigenvalue weighted by Crippen LogP contribution is -1.84. The number of nitrogens with zero attached hydrogens (tertiary/aromatic N) is 4. The number of azo groups is 1. The number of aryl methyl sites for hydroxylation is 3. The minimum atomic E-state index is 0.787. The molecule has 0 aliphatic heterocycles. The summed E-state index contributed by atoms with van der Waals surface area (Å²) in [5.41, 5.74) is 5.21. The molecule has 0 amide bonds.